The maximum atomic E-state index is 3.73. The van der Waals surface area contributed by atoms with Gasteiger partial charge in [-0.15, -0.1) is 11.8 Å². The van der Waals surface area contributed by atoms with Gasteiger partial charge in [-0.25, -0.2) is 0 Å². The fourth-order valence-corrected chi connectivity index (χ4v) is 4.97. The molecule has 1 aliphatic rings. The fourth-order valence-electron chi connectivity index (χ4n) is 3.09. The van der Waals surface area contributed by atoms with Gasteiger partial charge < -0.3 is 0 Å². The van der Waals surface area contributed by atoms with Gasteiger partial charge in [0, 0.05) is 16.0 Å². The maximum absolute atomic E-state index is 3.73. The Morgan fingerprint density at radius 2 is 1.90 bits per heavy atom. The molecule has 2 atom stereocenters. The van der Waals surface area contributed by atoms with Gasteiger partial charge in [-0.2, -0.15) is 0 Å². The third-order valence-electron chi connectivity index (χ3n) is 4.18. The summed E-state index contributed by atoms with van der Waals surface area (Å²) in [6.45, 7) is 2.22. The molecule has 0 aromatic heterocycles. The predicted octanol–water partition coefficient (Wildman–Crippen LogP) is 5.75. The summed E-state index contributed by atoms with van der Waals surface area (Å²) < 4.78 is 0. The van der Waals surface area contributed by atoms with Crippen molar-refractivity contribution in [2.75, 3.05) is 11.1 Å². The van der Waals surface area contributed by atoms with E-state index < -0.39 is 0 Å². The Morgan fingerprint density at radius 1 is 1.15 bits per heavy atom. The lowest BCUT2D eigenvalue weighted by Crippen LogP contribution is -2.09. The SMILES string of the molecule is Cc1ccccc1C(CBr)CC1CSc2ccccc21. The number of halogens is 1. The van der Waals surface area contributed by atoms with Crippen LogP contribution in [0.4, 0.5) is 0 Å². The normalized spacial score (nSPS) is 18.8. The van der Waals surface area contributed by atoms with Crippen LogP contribution in [0.15, 0.2) is 53.4 Å². The fraction of sp³-hybridized carbons (Fsp3) is 0.333. The van der Waals surface area contributed by atoms with Gasteiger partial charge in [0.2, 0.25) is 0 Å². The van der Waals surface area contributed by atoms with Crippen molar-refractivity contribution in [2.24, 2.45) is 0 Å². The minimum Gasteiger partial charge on any atom is -0.125 e. The Bertz CT molecular complexity index is 593. The van der Waals surface area contributed by atoms with Crippen LogP contribution < -0.4 is 0 Å². The van der Waals surface area contributed by atoms with E-state index in [4.69, 9.17) is 0 Å². The van der Waals surface area contributed by atoms with Crippen LogP contribution in [0.25, 0.3) is 0 Å². The Labute approximate surface area is 134 Å². The second kappa shape index (κ2) is 6.36. The van der Waals surface area contributed by atoms with E-state index in [9.17, 15) is 0 Å². The third-order valence-corrected chi connectivity index (χ3v) is 6.22. The van der Waals surface area contributed by atoms with E-state index in [1.807, 2.05) is 11.8 Å². The standard InChI is InChI=1S/C18H19BrS/c1-13-6-2-3-7-16(13)14(11-19)10-15-12-20-18-9-5-4-8-17(15)18/h2-9,14-15H,10-12H2,1H3. The lowest BCUT2D eigenvalue weighted by atomic mass is 9.85. The summed E-state index contributed by atoms with van der Waals surface area (Å²) >= 11 is 5.74. The molecule has 0 aliphatic carbocycles. The molecule has 0 nitrogen and oxygen atoms in total. The number of aryl methyl sites for hydroxylation is 1. The molecule has 0 bridgehead atoms. The predicted molar refractivity (Wildman–Crippen MR) is 92.2 cm³/mol. The molecule has 2 aromatic carbocycles. The Hall–Kier alpha value is -0.730. The summed E-state index contributed by atoms with van der Waals surface area (Å²) in [5, 5.41) is 1.04. The second-order valence-electron chi connectivity index (χ2n) is 5.49. The smallest absolute Gasteiger partial charge is 0.0107 e. The number of hydrogen-bond acceptors (Lipinski definition) is 1. The van der Waals surface area contributed by atoms with Crippen molar-refractivity contribution in [3.63, 3.8) is 0 Å². The van der Waals surface area contributed by atoms with Gasteiger partial charge in [0.25, 0.3) is 0 Å². The van der Waals surface area contributed by atoms with Crippen molar-refractivity contribution < 1.29 is 0 Å². The molecule has 0 saturated heterocycles. The summed E-state index contributed by atoms with van der Waals surface area (Å²) in [5.41, 5.74) is 4.46. The zero-order valence-electron chi connectivity index (χ0n) is 11.7. The summed E-state index contributed by atoms with van der Waals surface area (Å²) in [5.74, 6) is 2.53. The average Bonchev–Trinajstić information content (AvgIpc) is 2.89. The first-order valence-electron chi connectivity index (χ1n) is 7.13. The molecule has 0 saturated carbocycles. The van der Waals surface area contributed by atoms with Gasteiger partial charge in [-0.1, -0.05) is 58.4 Å². The van der Waals surface area contributed by atoms with Gasteiger partial charge in [-0.05, 0) is 47.9 Å². The Balaban J connectivity index is 1.82. The van der Waals surface area contributed by atoms with Gasteiger partial charge in [0.15, 0.2) is 0 Å². The minimum atomic E-state index is 0.605. The number of thioether (sulfide) groups is 1. The van der Waals surface area contributed by atoms with Crippen molar-refractivity contribution in [1.29, 1.82) is 0 Å². The molecule has 0 N–H and O–H groups in total. The van der Waals surface area contributed by atoms with Crippen LogP contribution in [-0.2, 0) is 0 Å². The molecule has 0 amide bonds. The highest BCUT2D eigenvalue weighted by Crippen LogP contribution is 2.44. The molecule has 0 fully saturated rings. The first-order valence-corrected chi connectivity index (χ1v) is 9.23. The second-order valence-corrected chi connectivity index (χ2v) is 7.20. The molecule has 1 aliphatic heterocycles. The molecule has 0 radical (unpaired) electrons. The van der Waals surface area contributed by atoms with Gasteiger partial charge >= 0.3 is 0 Å². The molecular weight excluding hydrogens is 328 g/mol. The first-order chi connectivity index (χ1) is 9.79. The lowest BCUT2D eigenvalue weighted by Gasteiger charge is -2.21. The summed E-state index contributed by atoms with van der Waals surface area (Å²) in [4.78, 5) is 1.48. The minimum absolute atomic E-state index is 0.605. The molecule has 3 rings (SSSR count). The van der Waals surface area contributed by atoms with Crippen molar-refractivity contribution in [3.05, 3.63) is 65.2 Å². The van der Waals surface area contributed by atoms with Crippen molar-refractivity contribution in [3.8, 4) is 0 Å². The average molecular weight is 347 g/mol. The quantitative estimate of drug-likeness (QED) is 0.634. The van der Waals surface area contributed by atoms with Crippen LogP contribution in [-0.4, -0.2) is 11.1 Å². The van der Waals surface area contributed by atoms with Crippen molar-refractivity contribution >= 4 is 27.7 Å². The lowest BCUT2D eigenvalue weighted by molar-refractivity contribution is 0.606. The Morgan fingerprint density at radius 3 is 2.70 bits per heavy atom. The first kappa shape index (κ1) is 14.2. The number of rotatable bonds is 4. The summed E-state index contributed by atoms with van der Waals surface area (Å²) in [7, 11) is 0. The maximum Gasteiger partial charge on any atom is 0.0107 e. The van der Waals surface area contributed by atoms with Crippen LogP contribution in [0.2, 0.25) is 0 Å². The molecular formula is C18H19BrS. The molecule has 104 valence electrons. The molecule has 2 heteroatoms. The van der Waals surface area contributed by atoms with E-state index >= 15 is 0 Å². The van der Waals surface area contributed by atoms with E-state index in [0.29, 0.717) is 11.8 Å². The van der Waals surface area contributed by atoms with Gasteiger partial charge in [0.1, 0.15) is 0 Å². The highest BCUT2D eigenvalue weighted by Gasteiger charge is 2.26. The van der Waals surface area contributed by atoms with E-state index in [2.05, 4.69) is 71.4 Å². The summed E-state index contributed by atoms with van der Waals surface area (Å²) in [6.07, 6.45) is 1.24. The van der Waals surface area contributed by atoms with Crippen LogP contribution in [0.1, 0.15) is 34.9 Å². The van der Waals surface area contributed by atoms with E-state index in [1.165, 1.54) is 28.2 Å². The van der Waals surface area contributed by atoms with Crippen LogP contribution in [0, 0.1) is 6.92 Å². The third kappa shape index (κ3) is 2.82. The molecule has 0 spiro atoms. The zero-order chi connectivity index (χ0) is 13.9. The van der Waals surface area contributed by atoms with Gasteiger partial charge in [-0.3, -0.25) is 0 Å². The largest absolute Gasteiger partial charge is 0.125 e. The van der Waals surface area contributed by atoms with Gasteiger partial charge in [0.05, 0.1) is 0 Å². The highest BCUT2D eigenvalue weighted by atomic mass is 79.9. The van der Waals surface area contributed by atoms with Crippen molar-refractivity contribution in [2.45, 2.75) is 30.1 Å². The Kier molecular flexibility index (Phi) is 4.52. The molecule has 2 aromatic rings. The van der Waals surface area contributed by atoms with Crippen LogP contribution >= 0.6 is 27.7 Å². The summed E-state index contributed by atoms with van der Waals surface area (Å²) in [6, 6.07) is 17.7. The molecule has 1 heterocycles. The van der Waals surface area contributed by atoms with Crippen molar-refractivity contribution in [1.82, 2.24) is 0 Å². The van der Waals surface area contributed by atoms with E-state index in [-0.39, 0.29) is 0 Å². The van der Waals surface area contributed by atoms with E-state index in [0.717, 1.165) is 5.33 Å². The zero-order valence-corrected chi connectivity index (χ0v) is 14.1. The monoisotopic (exact) mass is 346 g/mol. The highest BCUT2D eigenvalue weighted by molar-refractivity contribution is 9.09. The number of benzene rings is 2. The number of hydrogen-bond donors (Lipinski definition) is 0. The number of fused-ring (bicyclic) bond motifs is 1. The molecule has 20 heavy (non-hydrogen) atoms. The molecule has 2 unspecified atom stereocenters. The van der Waals surface area contributed by atoms with E-state index in [1.54, 1.807) is 5.56 Å². The van der Waals surface area contributed by atoms with Crippen LogP contribution in [0.3, 0.4) is 0 Å². The number of alkyl halides is 1. The topological polar surface area (TPSA) is 0 Å². The van der Waals surface area contributed by atoms with Crippen LogP contribution in [0.5, 0.6) is 0 Å².